The fourth-order valence-corrected chi connectivity index (χ4v) is 2.21. The number of carbonyl (C=O) groups excluding carboxylic acids is 1. The van der Waals surface area contributed by atoms with Crippen LogP contribution in [0.15, 0.2) is 36.5 Å². The van der Waals surface area contributed by atoms with E-state index in [1.807, 2.05) is 30.3 Å². The summed E-state index contributed by atoms with van der Waals surface area (Å²) in [6, 6.07) is 8.93. The summed E-state index contributed by atoms with van der Waals surface area (Å²) >= 11 is 0. The molecule has 1 aromatic carbocycles. The van der Waals surface area contributed by atoms with E-state index >= 15 is 0 Å². The maximum Gasteiger partial charge on any atom is 0.317 e. The Balaban J connectivity index is 1.90. The first kappa shape index (κ1) is 18.3. The maximum absolute atomic E-state index is 12.0. The molecular formula is C17H22N4O4. The molecule has 0 spiro atoms. The first-order chi connectivity index (χ1) is 11.9. The largest absolute Gasteiger partial charge is 0.497 e. The summed E-state index contributed by atoms with van der Waals surface area (Å²) < 4.78 is 6.83. The number of ether oxygens (including phenoxy) is 1. The van der Waals surface area contributed by atoms with E-state index in [1.54, 1.807) is 32.0 Å². The molecule has 0 aliphatic carbocycles. The number of hydrogen-bond donors (Lipinski definition) is 2. The molecule has 0 aliphatic rings. The van der Waals surface area contributed by atoms with Crippen molar-refractivity contribution < 1.29 is 19.4 Å². The number of aliphatic carboxylic acids is 1. The van der Waals surface area contributed by atoms with Crippen molar-refractivity contribution in [3.05, 3.63) is 42.2 Å². The van der Waals surface area contributed by atoms with Crippen molar-refractivity contribution in [3.63, 3.8) is 0 Å². The van der Waals surface area contributed by atoms with Gasteiger partial charge < -0.3 is 20.1 Å². The van der Waals surface area contributed by atoms with Gasteiger partial charge in [-0.15, -0.1) is 0 Å². The zero-order chi connectivity index (χ0) is 18.4. The molecule has 2 N–H and O–H groups in total. The number of carboxylic acids is 1. The van der Waals surface area contributed by atoms with E-state index in [0.29, 0.717) is 5.69 Å². The van der Waals surface area contributed by atoms with Crippen LogP contribution >= 0.6 is 0 Å². The second kappa shape index (κ2) is 8.18. The number of carbonyl (C=O) groups is 2. The maximum atomic E-state index is 12.0. The van der Waals surface area contributed by atoms with Crippen LogP contribution in [0.3, 0.4) is 0 Å². The van der Waals surface area contributed by atoms with Crippen molar-refractivity contribution in [1.29, 1.82) is 0 Å². The van der Waals surface area contributed by atoms with Crippen molar-refractivity contribution in [2.75, 3.05) is 20.7 Å². The number of urea groups is 1. The Labute approximate surface area is 146 Å². The van der Waals surface area contributed by atoms with Gasteiger partial charge in [-0.05, 0) is 30.3 Å². The summed E-state index contributed by atoms with van der Waals surface area (Å²) in [5.41, 5.74) is 1.58. The Kier molecular flexibility index (Phi) is 5.99. The van der Waals surface area contributed by atoms with Gasteiger partial charge >= 0.3 is 12.0 Å². The predicted octanol–water partition coefficient (Wildman–Crippen LogP) is 1.74. The number of benzene rings is 1. The monoisotopic (exact) mass is 346 g/mol. The molecule has 8 heteroatoms. The summed E-state index contributed by atoms with van der Waals surface area (Å²) in [5, 5.41) is 16.0. The van der Waals surface area contributed by atoms with E-state index in [9.17, 15) is 9.59 Å². The Hall–Kier alpha value is -3.03. The van der Waals surface area contributed by atoms with Gasteiger partial charge in [0.25, 0.3) is 0 Å². The number of carboxylic acid groups (broad SMARTS) is 1. The van der Waals surface area contributed by atoms with Crippen LogP contribution < -0.4 is 10.1 Å². The van der Waals surface area contributed by atoms with Crippen molar-refractivity contribution in [2.45, 2.75) is 13.5 Å². The summed E-state index contributed by atoms with van der Waals surface area (Å²) in [5.74, 6) is -0.787. The Morgan fingerprint density at radius 1 is 1.32 bits per heavy atom. The predicted molar refractivity (Wildman–Crippen MR) is 91.8 cm³/mol. The lowest BCUT2D eigenvalue weighted by Gasteiger charge is -2.19. The number of methoxy groups -OCH3 is 1. The van der Waals surface area contributed by atoms with Crippen LogP contribution in [0, 0.1) is 5.92 Å². The molecule has 0 fully saturated rings. The summed E-state index contributed by atoms with van der Waals surface area (Å²) in [4.78, 5) is 24.2. The number of amides is 2. The highest BCUT2D eigenvalue weighted by molar-refractivity contribution is 5.75. The number of hydrogen-bond acceptors (Lipinski definition) is 4. The number of nitrogens with zero attached hydrogens (tertiary/aromatic N) is 3. The van der Waals surface area contributed by atoms with E-state index in [4.69, 9.17) is 9.84 Å². The molecule has 1 atom stereocenters. The molecular weight excluding hydrogens is 324 g/mol. The molecule has 2 amide bonds. The normalized spacial score (nSPS) is 11.6. The average Bonchev–Trinajstić information content (AvgIpc) is 3.08. The fraction of sp³-hybridized carbons (Fsp3) is 0.353. The van der Waals surface area contributed by atoms with Crippen LogP contribution in [0.1, 0.15) is 12.6 Å². The van der Waals surface area contributed by atoms with E-state index in [1.165, 1.54) is 4.90 Å². The van der Waals surface area contributed by atoms with E-state index in [-0.39, 0.29) is 19.1 Å². The third-order valence-corrected chi connectivity index (χ3v) is 3.72. The van der Waals surface area contributed by atoms with Crippen LogP contribution in [0.5, 0.6) is 5.75 Å². The average molecular weight is 346 g/mol. The molecule has 0 saturated heterocycles. The zero-order valence-electron chi connectivity index (χ0n) is 14.5. The SMILES string of the molecule is COc1ccc(-n2ccc(CNC(=O)N(C)CC(C)C(=O)O)n2)cc1. The van der Waals surface area contributed by atoms with Gasteiger partial charge in [-0.3, -0.25) is 4.79 Å². The fourth-order valence-electron chi connectivity index (χ4n) is 2.21. The van der Waals surface area contributed by atoms with Crippen LogP contribution in [0.2, 0.25) is 0 Å². The van der Waals surface area contributed by atoms with Crippen LogP contribution in [-0.2, 0) is 11.3 Å². The minimum absolute atomic E-state index is 0.140. The molecule has 8 nitrogen and oxygen atoms in total. The first-order valence-electron chi connectivity index (χ1n) is 7.81. The van der Waals surface area contributed by atoms with E-state index < -0.39 is 11.9 Å². The summed E-state index contributed by atoms with van der Waals surface area (Å²) in [6.07, 6.45) is 1.81. The lowest BCUT2D eigenvalue weighted by molar-refractivity contribution is -0.141. The smallest absolute Gasteiger partial charge is 0.317 e. The first-order valence-corrected chi connectivity index (χ1v) is 7.81. The molecule has 0 bridgehead atoms. The molecule has 0 saturated carbocycles. The molecule has 1 aromatic heterocycles. The van der Waals surface area contributed by atoms with Gasteiger partial charge in [0.2, 0.25) is 0 Å². The second-order valence-corrected chi connectivity index (χ2v) is 5.73. The van der Waals surface area contributed by atoms with E-state index in [0.717, 1.165) is 11.4 Å². The molecule has 2 rings (SSSR count). The highest BCUT2D eigenvalue weighted by atomic mass is 16.5. The standard InChI is InChI=1S/C17H22N4O4/c1-12(16(22)23)11-20(2)17(24)18-10-13-8-9-21(19-13)14-4-6-15(25-3)7-5-14/h4-9,12H,10-11H2,1-3H3,(H,18,24)(H,22,23). The van der Waals surface area contributed by atoms with Gasteiger partial charge in [-0.25, -0.2) is 9.48 Å². The van der Waals surface area contributed by atoms with Gasteiger partial charge in [0, 0.05) is 19.8 Å². The van der Waals surface area contributed by atoms with Crippen LogP contribution in [-0.4, -0.2) is 52.5 Å². The molecule has 2 aromatic rings. The molecule has 1 unspecified atom stereocenters. The molecule has 1 heterocycles. The van der Waals surface area contributed by atoms with Crippen molar-refractivity contribution in [1.82, 2.24) is 20.0 Å². The van der Waals surface area contributed by atoms with Gasteiger partial charge in [-0.2, -0.15) is 5.10 Å². The lowest BCUT2D eigenvalue weighted by atomic mass is 10.2. The molecule has 0 radical (unpaired) electrons. The molecule has 25 heavy (non-hydrogen) atoms. The third kappa shape index (κ3) is 4.97. The van der Waals surface area contributed by atoms with Gasteiger partial charge in [0.1, 0.15) is 5.75 Å². The van der Waals surface area contributed by atoms with E-state index in [2.05, 4.69) is 10.4 Å². The van der Waals surface area contributed by atoms with Crippen LogP contribution in [0.4, 0.5) is 4.79 Å². The third-order valence-electron chi connectivity index (χ3n) is 3.72. The van der Waals surface area contributed by atoms with Gasteiger partial charge in [0.15, 0.2) is 0 Å². The van der Waals surface area contributed by atoms with Crippen molar-refractivity contribution >= 4 is 12.0 Å². The summed E-state index contributed by atoms with van der Waals surface area (Å²) in [7, 11) is 3.17. The highest BCUT2D eigenvalue weighted by Crippen LogP contribution is 2.14. The number of nitrogens with one attached hydrogen (secondary N) is 1. The quantitative estimate of drug-likeness (QED) is 0.796. The Morgan fingerprint density at radius 3 is 2.60 bits per heavy atom. The highest BCUT2D eigenvalue weighted by Gasteiger charge is 2.17. The molecule has 0 aliphatic heterocycles. The minimum atomic E-state index is -0.933. The van der Waals surface area contributed by atoms with Gasteiger partial charge in [-0.1, -0.05) is 6.92 Å². The lowest BCUT2D eigenvalue weighted by Crippen LogP contribution is -2.40. The van der Waals surface area contributed by atoms with Crippen molar-refractivity contribution in [3.8, 4) is 11.4 Å². The number of aromatic nitrogens is 2. The second-order valence-electron chi connectivity index (χ2n) is 5.73. The minimum Gasteiger partial charge on any atom is -0.497 e. The number of rotatable bonds is 7. The topological polar surface area (TPSA) is 96.7 Å². The molecule has 134 valence electrons. The summed E-state index contributed by atoms with van der Waals surface area (Å²) in [6.45, 7) is 1.96. The van der Waals surface area contributed by atoms with Crippen LogP contribution in [0.25, 0.3) is 5.69 Å². The zero-order valence-corrected chi connectivity index (χ0v) is 14.5. The van der Waals surface area contributed by atoms with Crippen molar-refractivity contribution in [2.24, 2.45) is 5.92 Å². The Bertz CT molecular complexity index is 727. The Morgan fingerprint density at radius 2 is 2.00 bits per heavy atom. The van der Waals surface area contributed by atoms with Gasteiger partial charge in [0.05, 0.1) is 31.0 Å².